The molecule has 0 saturated carbocycles. The third-order valence-electron chi connectivity index (χ3n) is 4.41. The quantitative estimate of drug-likeness (QED) is 0.443. The van der Waals surface area contributed by atoms with Crippen LogP contribution in [-0.4, -0.2) is 7.11 Å². The SMILES string of the molecule is C.COc1ccc(-c2ccc(Cl)cc2)c(COc2ccc(C(C)C)cc2)c1. The van der Waals surface area contributed by atoms with Gasteiger partial charge in [0.2, 0.25) is 0 Å². The van der Waals surface area contributed by atoms with Gasteiger partial charge in [-0.15, -0.1) is 0 Å². The molecule has 0 bridgehead atoms. The van der Waals surface area contributed by atoms with E-state index in [0.717, 1.165) is 33.2 Å². The number of ether oxygens (including phenoxy) is 2. The van der Waals surface area contributed by atoms with E-state index in [1.165, 1.54) is 5.56 Å². The molecule has 0 aliphatic carbocycles. The normalized spacial score (nSPS) is 10.4. The van der Waals surface area contributed by atoms with Gasteiger partial charge in [-0.05, 0) is 59.0 Å². The summed E-state index contributed by atoms with van der Waals surface area (Å²) in [6, 6.07) is 22.2. The van der Waals surface area contributed by atoms with Gasteiger partial charge >= 0.3 is 0 Å². The summed E-state index contributed by atoms with van der Waals surface area (Å²) in [4.78, 5) is 0. The molecule has 142 valence electrons. The second-order valence-electron chi connectivity index (χ2n) is 6.54. The van der Waals surface area contributed by atoms with E-state index in [9.17, 15) is 0 Å². The first-order valence-corrected chi connectivity index (χ1v) is 9.10. The van der Waals surface area contributed by atoms with E-state index in [0.29, 0.717) is 12.5 Å². The third-order valence-corrected chi connectivity index (χ3v) is 4.66. The highest BCUT2D eigenvalue weighted by atomic mass is 35.5. The smallest absolute Gasteiger partial charge is 0.119 e. The highest BCUT2D eigenvalue weighted by molar-refractivity contribution is 6.30. The summed E-state index contributed by atoms with van der Waals surface area (Å²) in [7, 11) is 1.67. The molecule has 0 radical (unpaired) electrons. The van der Waals surface area contributed by atoms with Crippen molar-refractivity contribution in [1.82, 2.24) is 0 Å². The molecule has 0 N–H and O–H groups in total. The first kappa shape index (κ1) is 20.9. The predicted octanol–water partition coefficient (Wildman–Crippen LogP) is 7.35. The van der Waals surface area contributed by atoms with Gasteiger partial charge in [0.1, 0.15) is 18.1 Å². The summed E-state index contributed by atoms with van der Waals surface area (Å²) in [6.45, 7) is 4.84. The minimum atomic E-state index is 0. The highest BCUT2D eigenvalue weighted by Crippen LogP contribution is 2.29. The fourth-order valence-corrected chi connectivity index (χ4v) is 2.96. The van der Waals surface area contributed by atoms with Crippen molar-refractivity contribution in [2.75, 3.05) is 7.11 Å². The maximum absolute atomic E-state index is 6.03. The molecule has 3 rings (SSSR count). The fourth-order valence-electron chi connectivity index (χ4n) is 2.84. The Labute approximate surface area is 167 Å². The largest absolute Gasteiger partial charge is 0.497 e. The van der Waals surface area contributed by atoms with Gasteiger partial charge in [0.05, 0.1) is 7.11 Å². The van der Waals surface area contributed by atoms with Crippen molar-refractivity contribution in [2.24, 2.45) is 0 Å². The second kappa shape index (κ2) is 9.48. The van der Waals surface area contributed by atoms with Crippen LogP contribution in [0.4, 0.5) is 0 Å². The van der Waals surface area contributed by atoms with Crippen molar-refractivity contribution in [3.63, 3.8) is 0 Å². The summed E-state index contributed by atoms with van der Waals surface area (Å²) >= 11 is 6.02. The predicted molar refractivity (Wildman–Crippen MR) is 115 cm³/mol. The van der Waals surface area contributed by atoms with E-state index in [-0.39, 0.29) is 7.43 Å². The Bertz CT molecular complexity index is 853. The first-order chi connectivity index (χ1) is 12.6. The second-order valence-corrected chi connectivity index (χ2v) is 6.98. The van der Waals surface area contributed by atoms with Crippen LogP contribution in [0.5, 0.6) is 11.5 Å². The molecule has 2 nitrogen and oxygen atoms in total. The van der Waals surface area contributed by atoms with E-state index < -0.39 is 0 Å². The molecule has 0 aliphatic heterocycles. The zero-order chi connectivity index (χ0) is 18.5. The van der Waals surface area contributed by atoms with Gasteiger partial charge in [-0.3, -0.25) is 0 Å². The Balaban J connectivity index is 0.00000261. The lowest BCUT2D eigenvalue weighted by atomic mass is 10.00. The van der Waals surface area contributed by atoms with Crippen LogP contribution in [0.15, 0.2) is 66.7 Å². The van der Waals surface area contributed by atoms with Crippen molar-refractivity contribution in [3.8, 4) is 22.6 Å². The molecule has 0 saturated heterocycles. The third kappa shape index (κ3) is 5.27. The van der Waals surface area contributed by atoms with Crippen molar-refractivity contribution >= 4 is 11.6 Å². The van der Waals surface area contributed by atoms with Crippen LogP contribution < -0.4 is 9.47 Å². The van der Waals surface area contributed by atoms with Gasteiger partial charge < -0.3 is 9.47 Å². The molecule has 0 aliphatic rings. The summed E-state index contributed by atoms with van der Waals surface area (Å²) in [5, 5.41) is 0.727. The molecule has 0 amide bonds. The van der Waals surface area contributed by atoms with Crippen molar-refractivity contribution in [1.29, 1.82) is 0 Å². The van der Waals surface area contributed by atoms with Gasteiger partial charge in [0.15, 0.2) is 0 Å². The standard InChI is InChI=1S/C23H23ClO2.CH4/c1-16(2)17-6-10-21(11-7-17)26-15-19-14-22(25-3)12-13-23(19)18-4-8-20(24)9-5-18;/h4-14,16H,15H2,1-3H3;1H4. The first-order valence-electron chi connectivity index (χ1n) is 8.72. The highest BCUT2D eigenvalue weighted by Gasteiger charge is 2.09. The van der Waals surface area contributed by atoms with Crippen LogP contribution >= 0.6 is 11.6 Å². The molecule has 0 spiro atoms. The monoisotopic (exact) mass is 382 g/mol. The van der Waals surface area contributed by atoms with Gasteiger partial charge in [0.25, 0.3) is 0 Å². The Morgan fingerprint density at radius 3 is 2.07 bits per heavy atom. The van der Waals surface area contributed by atoms with E-state index >= 15 is 0 Å². The lowest BCUT2D eigenvalue weighted by molar-refractivity contribution is 0.305. The number of rotatable bonds is 6. The van der Waals surface area contributed by atoms with Crippen molar-refractivity contribution in [2.45, 2.75) is 33.8 Å². The van der Waals surface area contributed by atoms with E-state index in [1.807, 2.05) is 48.5 Å². The molecular formula is C24H27ClO2. The molecule has 0 aromatic heterocycles. The Morgan fingerprint density at radius 1 is 0.852 bits per heavy atom. The van der Waals surface area contributed by atoms with Crippen LogP contribution in [-0.2, 0) is 6.61 Å². The summed E-state index contributed by atoms with van der Waals surface area (Å²) < 4.78 is 11.4. The molecule has 0 heterocycles. The average molecular weight is 383 g/mol. The van der Waals surface area contributed by atoms with Gasteiger partial charge in [-0.2, -0.15) is 0 Å². The molecule has 3 aromatic carbocycles. The van der Waals surface area contributed by atoms with Crippen LogP contribution in [0.2, 0.25) is 5.02 Å². The lowest BCUT2D eigenvalue weighted by Crippen LogP contribution is -1.99. The average Bonchev–Trinajstić information content (AvgIpc) is 2.67. The zero-order valence-corrected chi connectivity index (χ0v) is 16.1. The van der Waals surface area contributed by atoms with Gasteiger partial charge in [0, 0.05) is 10.6 Å². The maximum Gasteiger partial charge on any atom is 0.119 e. The summed E-state index contributed by atoms with van der Waals surface area (Å²) in [6.07, 6.45) is 0. The minimum Gasteiger partial charge on any atom is -0.497 e. The topological polar surface area (TPSA) is 18.5 Å². The van der Waals surface area contributed by atoms with E-state index in [2.05, 4.69) is 32.0 Å². The van der Waals surface area contributed by atoms with Gasteiger partial charge in [-0.25, -0.2) is 0 Å². The van der Waals surface area contributed by atoms with Crippen LogP contribution in [0, 0.1) is 0 Å². The van der Waals surface area contributed by atoms with Crippen molar-refractivity contribution < 1.29 is 9.47 Å². The van der Waals surface area contributed by atoms with Crippen LogP contribution in [0.1, 0.15) is 38.3 Å². The molecule has 27 heavy (non-hydrogen) atoms. The maximum atomic E-state index is 6.03. The molecule has 0 unspecified atom stereocenters. The van der Waals surface area contributed by atoms with E-state index in [4.69, 9.17) is 21.1 Å². The Kier molecular flexibility index (Phi) is 7.32. The summed E-state index contributed by atoms with van der Waals surface area (Å²) in [5.41, 5.74) is 4.59. The zero-order valence-electron chi connectivity index (χ0n) is 15.3. The fraction of sp³-hybridized carbons (Fsp3) is 0.250. The Hall–Kier alpha value is -2.45. The van der Waals surface area contributed by atoms with Crippen molar-refractivity contribution in [3.05, 3.63) is 82.9 Å². The molecule has 0 fully saturated rings. The van der Waals surface area contributed by atoms with Gasteiger partial charge in [-0.1, -0.05) is 63.2 Å². The molecule has 3 aromatic rings. The number of halogens is 1. The number of hydrogen-bond donors (Lipinski definition) is 0. The van der Waals surface area contributed by atoms with E-state index in [1.54, 1.807) is 7.11 Å². The number of methoxy groups -OCH3 is 1. The molecule has 3 heteroatoms. The van der Waals surface area contributed by atoms with Crippen LogP contribution in [0.25, 0.3) is 11.1 Å². The summed E-state index contributed by atoms with van der Waals surface area (Å²) in [5.74, 6) is 2.19. The lowest BCUT2D eigenvalue weighted by Gasteiger charge is -2.14. The molecular weight excluding hydrogens is 356 g/mol. The molecule has 0 atom stereocenters. The Morgan fingerprint density at radius 2 is 1.48 bits per heavy atom. The number of benzene rings is 3. The number of hydrogen-bond acceptors (Lipinski definition) is 2. The minimum absolute atomic E-state index is 0. The van der Waals surface area contributed by atoms with Crippen LogP contribution in [0.3, 0.4) is 0 Å².